The Morgan fingerprint density at radius 1 is 1.33 bits per heavy atom. The smallest absolute Gasteiger partial charge is 0.315 e. The highest BCUT2D eigenvalue weighted by atomic mass is 35.5. The third-order valence-electron chi connectivity index (χ3n) is 4.76. The van der Waals surface area contributed by atoms with Crippen molar-refractivity contribution >= 4 is 29.2 Å². The molecule has 4 nitrogen and oxygen atoms in total. The van der Waals surface area contributed by atoms with Crippen LogP contribution >= 0.6 is 11.6 Å². The maximum absolute atomic E-state index is 14.3. The summed E-state index contributed by atoms with van der Waals surface area (Å²) in [5.41, 5.74) is 0.550. The number of nitrogens with zero attached hydrogens (tertiary/aromatic N) is 1. The second-order valence-corrected chi connectivity index (χ2v) is 6.82. The van der Waals surface area contributed by atoms with E-state index in [1.54, 1.807) is 13.0 Å². The average molecular weight is 352 g/mol. The second-order valence-electron chi connectivity index (χ2n) is 6.41. The number of ether oxygens (including phenoxy) is 1. The number of aliphatic imine (C=N–C) groups is 1. The van der Waals surface area contributed by atoms with Gasteiger partial charge in [0.05, 0.1) is 0 Å². The second kappa shape index (κ2) is 7.01. The largest absolute Gasteiger partial charge is 0.462 e. The molecule has 6 heteroatoms. The van der Waals surface area contributed by atoms with Crippen molar-refractivity contribution in [2.24, 2.45) is 10.9 Å². The minimum atomic E-state index is -0.780. The Hall–Kier alpha value is -1.75. The highest BCUT2D eigenvalue weighted by Crippen LogP contribution is 2.39. The number of halogens is 2. The zero-order chi connectivity index (χ0) is 17.3. The van der Waals surface area contributed by atoms with Crippen molar-refractivity contribution < 1.29 is 18.7 Å². The highest BCUT2D eigenvalue weighted by Gasteiger charge is 2.41. The maximum atomic E-state index is 14.3. The third-order valence-corrected chi connectivity index (χ3v) is 5.09. The van der Waals surface area contributed by atoms with Gasteiger partial charge in [-0.3, -0.25) is 9.59 Å². The predicted octanol–water partition coefficient (Wildman–Crippen LogP) is 4.06. The van der Waals surface area contributed by atoms with Crippen LogP contribution in [0, 0.1) is 11.7 Å². The topological polar surface area (TPSA) is 55.7 Å². The van der Waals surface area contributed by atoms with Gasteiger partial charge in [0.1, 0.15) is 17.8 Å². The molecule has 2 aliphatic rings. The van der Waals surface area contributed by atoms with Crippen molar-refractivity contribution in [2.45, 2.75) is 51.0 Å². The summed E-state index contributed by atoms with van der Waals surface area (Å²) in [6, 6.07) is 4.34. The number of benzene rings is 1. The normalized spacial score (nSPS) is 24.8. The molecule has 1 aliphatic heterocycles. The van der Waals surface area contributed by atoms with Crippen LogP contribution in [0.5, 0.6) is 0 Å². The SMILES string of the molecule is CC1=NC(=O)CC(c2c(F)cccc2Cl)C1C(=O)OC1CCCC1. The fourth-order valence-corrected chi connectivity index (χ4v) is 3.92. The van der Waals surface area contributed by atoms with Gasteiger partial charge in [0.15, 0.2) is 0 Å². The minimum Gasteiger partial charge on any atom is -0.462 e. The molecule has 1 heterocycles. The Morgan fingerprint density at radius 2 is 2.04 bits per heavy atom. The van der Waals surface area contributed by atoms with Gasteiger partial charge in [-0.2, -0.15) is 0 Å². The first-order chi connectivity index (χ1) is 11.5. The Labute approximate surface area is 145 Å². The highest BCUT2D eigenvalue weighted by molar-refractivity contribution is 6.31. The summed E-state index contributed by atoms with van der Waals surface area (Å²) in [4.78, 5) is 28.5. The molecule has 0 radical (unpaired) electrons. The van der Waals surface area contributed by atoms with Gasteiger partial charge in [-0.05, 0) is 44.7 Å². The van der Waals surface area contributed by atoms with Crippen LogP contribution in [-0.4, -0.2) is 23.7 Å². The van der Waals surface area contributed by atoms with E-state index < -0.39 is 23.6 Å². The molecule has 1 aliphatic carbocycles. The van der Waals surface area contributed by atoms with Gasteiger partial charge in [0.2, 0.25) is 5.91 Å². The number of hydrogen-bond acceptors (Lipinski definition) is 3. The lowest BCUT2D eigenvalue weighted by molar-refractivity contribution is -0.152. The van der Waals surface area contributed by atoms with Crippen LogP contribution in [-0.2, 0) is 14.3 Å². The van der Waals surface area contributed by atoms with E-state index in [1.807, 2.05) is 0 Å². The molecule has 0 aromatic heterocycles. The molecular formula is C18H19ClFNO3. The molecule has 0 bridgehead atoms. The first-order valence-corrected chi connectivity index (χ1v) is 8.57. The molecule has 1 amide bonds. The molecule has 128 valence electrons. The first-order valence-electron chi connectivity index (χ1n) is 8.19. The summed E-state index contributed by atoms with van der Waals surface area (Å²) in [7, 11) is 0. The van der Waals surface area contributed by atoms with E-state index in [1.165, 1.54) is 12.1 Å². The predicted molar refractivity (Wildman–Crippen MR) is 88.7 cm³/mol. The van der Waals surface area contributed by atoms with Crippen molar-refractivity contribution in [1.29, 1.82) is 0 Å². The summed E-state index contributed by atoms with van der Waals surface area (Å²) >= 11 is 6.16. The molecule has 0 N–H and O–H groups in total. The third kappa shape index (κ3) is 3.36. The standard InChI is InChI=1S/C18H19ClFNO3/c1-10-16(18(23)24-11-5-2-3-6-11)12(9-15(22)21-10)17-13(19)7-4-8-14(17)20/h4,7-8,11-12,16H,2-3,5-6,9H2,1H3. The van der Waals surface area contributed by atoms with Crippen LogP contribution in [0.1, 0.15) is 50.5 Å². The lowest BCUT2D eigenvalue weighted by Crippen LogP contribution is -2.37. The molecule has 1 saturated carbocycles. The van der Waals surface area contributed by atoms with Crippen LogP contribution in [0.15, 0.2) is 23.2 Å². The summed E-state index contributed by atoms with van der Waals surface area (Å²) in [5.74, 6) is -2.80. The summed E-state index contributed by atoms with van der Waals surface area (Å²) in [6.07, 6.45) is 3.62. The Bertz CT molecular complexity index is 677. The minimum absolute atomic E-state index is 0.0531. The Balaban J connectivity index is 1.94. The van der Waals surface area contributed by atoms with Gasteiger partial charge >= 0.3 is 5.97 Å². The molecule has 3 rings (SSSR count). The van der Waals surface area contributed by atoms with Crippen LogP contribution in [0.2, 0.25) is 5.02 Å². The fourth-order valence-electron chi connectivity index (χ4n) is 3.62. The van der Waals surface area contributed by atoms with E-state index in [0.717, 1.165) is 25.7 Å². The van der Waals surface area contributed by atoms with Gasteiger partial charge < -0.3 is 4.74 Å². The van der Waals surface area contributed by atoms with Gasteiger partial charge in [-0.15, -0.1) is 0 Å². The molecule has 0 spiro atoms. The average Bonchev–Trinajstić information content (AvgIpc) is 2.99. The van der Waals surface area contributed by atoms with Gasteiger partial charge in [-0.25, -0.2) is 9.38 Å². The summed E-state index contributed by atoms with van der Waals surface area (Å²) in [6.45, 7) is 1.61. The van der Waals surface area contributed by atoms with Crippen molar-refractivity contribution in [2.75, 3.05) is 0 Å². The number of rotatable bonds is 3. The van der Waals surface area contributed by atoms with Crippen molar-refractivity contribution in [3.05, 3.63) is 34.6 Å². The van der Waals surface area contributed by atoms with E-state index in [0.29, 0.717) is 5.71 Å². The number of carbonyl (C=O) groups excluding carboxylic acids is 2. The monoisotopic (exact) mass is 351 g/mol. The number of amides is 1. The zero-order valence-electron chi connectivity index (χ0n) is 13.4. The fraction of sp³-hybridized carbons (Fsp3) is 0.500. The van der Waals surface area contributed by atoms with E-state index in [4.69, 9.17) is 16.3 Å². The van der Waals surface area contributed by atoms with Crippen molar-refractivity contribution in [3.63, 3.8) is 0 Å². The molecule has 1 aromatic carbocycles. The molecule has 2 unspecified atom stereocenters. The molecule has 0 saturated heterocycles. The Morgan fingerprint density at radius 3 is 2.71 bits per heavy atom. The van der Waals surface area contributed by atoms with Crippen LogP contribution in [0.3, 0.4) is 0 Å². The maximum Gasteiger partial charge on any atom is 0.315 e. The number of esters is 1. The molecule has 2 atom stereocenters. The zero-order valence-corrected chi connectivity index (χ0v) is 14.2. The van der Waals surface area contributed by atoms with Crippen molar-refractivity contribution in [1.82, 2.24) is 0 Å². The van der Waals surface area contributed by atoms with E-state index in [-0.39, 0.29) is 29.0 Å². The summed E-state index contributed by atoms with van der Waals surface area (Å²) < 4.78 is 19.9. The van der Waals surface area contributed by atoms with Crippen LogP contribution < -0.4 is 0 Å². The lowest BCUT2D eigenvalue weighted by atomic mass is 9.78. The lowest BCUT2D eigenvalue weighted by Gasteiger charge is -2.30. The molecular weight excluding hydrogens is 333 g/mol. The quantitative estimate of drug-likeness (QED) is 0.772. The first kappa shape index (κ1) is 17.1. The van der Waals surface area contributed by atoms with Gasteiger partial charge in [0, 0.05) is 28.6 Å². The van der Waals surface area contributed by atoms with E-state index >= 15 is 0 Å². The molecule has 24 heavy (non-hydrogen) atoms. The number of carbonyl (C=O) groups is 2. The van der Waals surface area contributed by atoms with E-state index in [9.17, 15) is 14.0 Å². The summed E-state index contributed by atoms with van der Waals surface area (Å²) in [5, 5.41) is 0.209. The van der Waals surface area contributed by atoms with Crippen LogP contribution in [0.4, 0.5) is 4.39 Å². The van der Waals surface area contributed by atoms with Gasteiger partial charge in [0.25, 0.3) is 0 Å². The van der Waals surface area contributed by atoms with Crippen molar-refractivity contribution in [3.8, 4) is 0 Å². The molecule has 1 aromatic rings. The number of hydrogen-bond donors (Lipinski definition) is 0. The van der Waals surface area contributed by atoms with E-state index in [2.05, 4.69) is 4.99 Å². The van der Waals surface area contributed by atoms with Crippen LogP contribution in [0.25, 0.3) is 0 Å². The molecule has 1 fully saturated rings. The Kier molecular flexibility index (Phi) is 4.99. The van der Waals surface area contributed by atoms with Gasteiger partial charge in [-0.1, -0.05) is 17.7 Å².